The maximum atomic E-state index is 5.53. The summed E-state index contributed by atoms with van der Waals surface area (Å²) in [4.78, 5) is 0. The number of benzene rings is 1. The SMILES string of the molecule is BrCCCOc1ccc(OCCCBr)cc1. The zero-order valence-corrected chi connectivity index (χ0v) is 12.3. The third-order valence-electron chi connectivity index (χ3n) is 1.92. The van der Waals surface area contributed by atoms with Crippen LogP contribution in [0.4, 0.5) is 0 Å². The van der Waals surface area contributed by atoms with E-state index in [1.807, 2.05) is 24.3 Å². The zero-order valence-electron chi connectivity index (χ0n) is 9.12. The maximum Gasteiger partial charge on any atom is 0.119 e. The highest BCUT2D eigenvalue weighted by Gasteiger charge is 1.96. The highest BCUT2D eigenvalue weighted by Crippen LogP contribution is 2.17. The van der Waals surface area contributed by atoms with Crippen molar-refractivity contribution in [3.8, 4) is 11.5 Å². The van der Waals surface area contributed by atoms with Crippen LogP contribution >= 0.6 is 31.9 Å². The molecule has 0 aromatic heterocycles. The van der Waals surface area contributed by atoms with Gasteiger partial charge < -0.3 is 9.47 Å². The van der Waals surface area contributed by atoms with Gasteiger partial charge in [-0.1, -0.05) is 31.9 Å². The fourth-order valence-corrected chi connectivity index (χ4v) is 1.58. The van der Waals surface area contributed by atoms with E-state index in [9.17, 15) is 0 Å². The van der Waals surface area contributed by atoms with E-state index in [1.165, 1.54) is 0 Å². The molecular formula is C12H16Br2O2. The minimum Gasteiger partial charge on any atom is -0.494 e. The molecule has 0 bridgehead atoms. The number of rotatable bonds is 8. The summed E-state index contributed by atoms with van der Waals surface area (Å²) in [5.41, 5.74) is 0. The molecule has 1 aromatic rings. The van der Waals surface area contributed by atoms with Crippen LogP contribution in [0.15, 0.2) is 24.3 Å². The molecule has 0 atom stereocenters. The van der Waals surface area contributed by atoms with Gasteiger partial charge in [-0.3, -0.25) is 0 Å². The molecular weight excluding hydrogens is 336 g/mol. The van der Waals surface area contributed by atoms with Crippen LogP contribution in [0.3, 0.4) is 0 Å². The lowest BCUT2D eigenvalue weighted by Gasteiger charge is -2.07. The van der Waals surface area contributed by atoms with Crippen molar-refractivity contribution in [2.24, 2.45) is 0 Å². The van der Waals surface area contributed by atoms with Crippen molar-refractivity contribution in [2.75, 3.05) is 23.9 Å². The van der Waals surface area contributed by atoms with Crippen LogP contribution in [-0.2, 0) is 0 Å². The standard InChI is InChI=1S/C12H16Br2O2/c13-7-1-9-15-11-3-5-12(6-4-11)16-10-2-8-14/h3-6H,1-2,7-10H2. The normalized spacial score (nSPS) is 10.1. The number of hydrogen-bond donors (Lipinski definition) is 0. The molecule has 0 spiro atoms. The van der Waals surface area contributed by atoms with Gasteiger partial charge in [-0.05, 0) is 37.1 Å². The molecule has 0 heterocycles. The third kappa shape index (κ3) is 5.75. The predicted octanol–water partition coefficient (Wildman–Crippen LogP) is 4.01. The lowest BCUT2D eigenvalue weighted by Crippen LogP contribution is -1.99. The molecule has 0 saturated heterocycles. The quantitative estimate of drug-likeness (QED) is 0.520. The molecule has 0 amide bonds. The lowest BCUT2D eigenvalue weighted by molar-refractivity contribution is 0.310. The lowest BCUT2D eigenvalue weighted by atomic mass is 10.3. The van der Waals surface area contributed by atoms with Gasteiger partial charge in [-0.25, -0.2) is 0 Å². The van der Waals surface area contributed by atoms with Crippen LogP contribution in [0.25, 0.3) is 0 Å². The van der Waals surface area contributed by atoms with E-state index in [1.54, 1.807) is 0 Å². The van der Waals surface area contributed by atoms with Gasteiger partial charge in [-0.15, -0.1) is 0 Å². The summed E-state index contributed by atoms with van der Waals surface area (Å²) in [6.07, 6.45) is 2.03. The summed E-state index contributed by atoms with van der Waals surface area (Å²) >= 11 is 6.73. The van der Waals surface area contributed by atoms with Crippen molar-refractivity contribution in [1.29, 1.82) is 0 Å². The van der Waals surface area contributed by atoms with Gasteiger partial charge in [0.25, 0.3) is 0 Å². The smallest absolute Gasteiger partial charge is 0.119 e. The van der Waals surface area contributed by atoms with Crippen molar-refractivity contribution in [1.82, 2.24) is 0 Å². The molecule has 0 radical (unpaired) electrons. The summed E-state index contributed by atoms with van der Waals surface area (Å²) < 4.78 is 11.1. The van der Waals surface area contributed by atoms with Gasteiger partial charge in [0.15, 0.2) is 0 Å². The fraction of sp³-hybridized carbons (Fsp3) is 0.500. The molecule has 2 nitrogen and oxygen atoms in total. The molecule has 0 N–H and O–H groups in total. The second kappa shape index (κ2) is 8.88. The summed E-state index contributed by atoms with van der Waals surface area (Å²) in [6, 6.07) is 7.77. The molecule has 1 rings (SSSR count). The van der Waals surface area contributed by atoms with E-state index in [0.717, 1.165) is 48.2 Å². The number of alkyl halides is 2. The topological polar surface area (TPSA) is 18.5 Å². The van der Waals surface area contributed by atoms with E-state index in [-0.39, 0.29) is 0 Å². The molecule has 0 aliphatic carbocycles. The fourth-order valence-electron chi connectivity index (χ4n) is 1.12. The van der Waals surface area contributed by atoms with Crippen molar-refractivity contribution in [3.63, 3.8) is 0 Å². The Morgan fingerprint density at radius 3 is 1.44 bits per heavy atom. The molecule has 1 aromatic carbocycles. The Labute approximate surface area is 114 Å². The minimum absolute atomic E-state index is 0.745. The Hall–Kier alpha value is -0.220. The van der Waals surface area contributed by atoms with Crippen molar-refractivity contribution in [2.45, 2.75) is 12.8 Å². The summed E-state index contributed by atoms with van der Waals surface area (Å²) in [7, 11) is 0. The molecule has 0 aliphatic heterocycles. The Bertz CT molecular complexity index is 246. The Balaban J connectivity index is 2.30. The maximum absolute atomic E-state index is 5.53. The largest absolute Gasteiger partial charge is 0.494 e. The second-order valence-corrected chi connectivity index (χ2v) is 4.84. The monoisotopic (exact) mass is 350 g/mol. The summed E-state index contributed by atoms with van der Waals surface area (Å²) in [5, 5.41) is 1.95. The van der Waals surface area contributed by atoms with Crippen LogP contribution in [0, 0.1) is 0 Å². The Kier molecular flexibility index (Phi) is 7.68. The van der Waals surface area contributed by atoms with E-state index >= 15 is 0 Å². The zero-order chi connectivity index (χ0) is 11.6. The second-order valence-electron chi connectivity index (χ2n) is 3.25. The summed E-state index contributed by atoms with van der Waals surface area (Å²) in [5.74, 6) is 1.79. The van der Waals surface area contributed by atoms with Crippen LogP contribution in [0.2, 0.25) is 0 Å². The third-order valence-corrected chi connectivity index (χ3v) is 3.04. The van der Waals surface area contributed by atoms with Gasteiger partial charge in [0.2, 0.25) is 0 Å². The first-order chi connectivity index (χ1) is 7.86. The predicted molar refractivity (Wildman–Crippen MR) is 74.3 cm³/mol. The Morgan fingerprint density at radius 2 is 1.12 bits per heavy atom. The molecule has 0 aliphatic rings. The molecule has 0 fully saturated rings. The van der Waals surface area contributed by atoms with E-state index in [0.29, 0.717) is 0 Å². The average Bonchev–Trinajstić information content (AvgIpc) is 2.32. The van der Waals surface area contributed by atoms with Crippen molar-refractivity contribution in [3.05, 3.63) is 24.3 Å². The highest BCUT2D eigenvalue weighted by molar-refractivity contribution is 9.09. The first kappa shape index (κ1) is 13.8. The molecule has 0 unspecified atom stereocenters. The Morgan fingerprint density at radius 1 is 0.750 bits per heavy atom. The van der Waals surface area contributed by atoms with Gasteiger partial charge in [0, 0.05) is 10.7 Å². The first-order valence-corrected chi connectivity index (χ1v) is 7.58. The number of hydrogen-bond acceptors (Lipinski definition) is 2. The number of ether oxygens (including phenoxy) is 2. The first-order valence-electron chi connectivity index (χ1n) is 5.34. The van der Waals surface area contributed by atoms with Gasteiger partial charge >= 0.3 is 0 Å². The molecule has 0 saturated carbocycles. The summed E-state index contributed by atoms with van der Waals surface area (Å²) in [6.45, 7) is 1.49. The number of halogens is 2. The highest BCUT2D eigenvalue weighted by atomic mass is 79.9. The van der Waals surface area contributed by atoms with E-state index in [4.69, 9.17) is 9.47 Å². The molecule has 4 heteroatoms. The van der Waals surface area contributed by atoms with E-state index in [2.05, 4.69) is 31.9 Å². The van der Waals surface area contributed by atoms with Gasteiger partial charge in [-0.2, -0.15) is 0 Å². The molecule has 16 heavy (non-hydrogen) atoms. The van der Waals surface area contributed by atoms with Crippen molar-refractivity contribution < 1.29 is 9.47 Å². The van der Waals surface area contributed by atoms with Crippen LogP contribution in [0.5, 0.6) is 11.5 Å². The minimum atomic E-state index is 0.745. The molecule has 90 valence electrons. The van der Waals surface area contributed by atoms with Crippen molar-refractivity contribution >= 4 is 31.9 Å². The average molecular weight is 352 g/mol. The van der Waals surface area contributed by atoms with Gasteiger partial charge in [0.05, 0.1) is 13.2 Å². The van der Waals surface area contributed by atoms with Crippen LogP contribution in [0.1, 0.15) is 12.8 Å². The van der Waals surface area contributed by atoms with Gasteiger partial charge in [0.1, 0.15) is 11.5 Å². The van der Waals surface area contributed by atoms with Crippen LogP contribution < -0.4 is 9.47 Å². The van der Waals surface area contributed by atoms with Crippen LogP contribution in [-0.4, -0.2) is 23.9 Å². The van der Waals surface area contributed by atoms with E-state index < -0.39 is 0 Å².